The molecule has 2 aromatic heterocycles. The lowest BCUT2D eigenvalue weighted by atomic mass is 10.1. The van der Waals surface area contributed by atoms with E-state index in [1.54, 1.807) is 48.5 Å². The van der Waals surface area contributed by atoms with Gasteiger partial charge < -0.3 is 13.9 Å². The van der Waals surface area contributed by atoms with Crippen LogP contribution in [-0.2, 0) is 6.61 Å². The number of ether oxygens (including phenoxy) is 2. The van der Waals surface area contributed by atoms with Gasteiger partial charge in [-0.2, -0.15) is 9.78 Å². The molecule has 0 saturated carbocycles. The van der Waals surface area contributed by atoms with Crippen molar-refractivity contribution < 1.29 is 23.2 Å². The van der Waals surface area contributed by atoms with Crippen LogP contribution in [-0.4, -0.2) is 27.9 Å². The van der Waals surface area contributed by atoms with Gasteiger partial charge in [-0.05, 0) is 54.1 Å². The van der Waals surface area contributed by atoms with Crippen molar-refractivity contribution in [3.63, 3.8) is 0 Å². The maximum absolute atomic E-state index is 13.7. The molecule has 10 nitrogen and oxygen atoms in total. The molecule has 0 amide bonds. The Hall–Kier alpha value is -5.55. The summed E-state index contributed by atoms with van der Waals surface area (Å²) in [4.78, 5) is 29.6. The number of hydrogen-bond donors (Lipinski definition) is 0. The van der Waals surface area contributed by atoms with Gasteiger partial charge in [-0.1, -0.05) is 41.9 Å². The van der Waals surface area contributed by atoms with Crippen LogP contribution in [0.5, 0.6) is 11.5 Å². The average molecular weight is 599 g/mol. The fraction of sp³-hybridized carbons (Fsp3) is 0.0645. The van der Waals surface area contributed by atoms with Gasteiger partial charge in [0.2, 0.25) is 11.6 Å². The topological polar surface area (TPSA) is 122 Å². The molecule has 0 radical (unpaired) electrons. The van der Waals surface area contributed by atoms with E-state index in [4.69, 9.17) is 25.5 Å². The molecule has 12 heteroatoms. The normalized spacial score (nSPS) is 11.4. The molecule has 0 saturated heterocycles. The smallest absolute Gasteiger partial charge is 0.313 e. The molecule has 43 heavy (non-hydrogen) atoms. The molecule has 0 N–H and O–H groups in total. The van der Waals surface area contributed by atoms with Crippen molar-refractivity contribution in [1.29, 1.82) is 0 Å². The van der Waals surface area contributed by atoms with E-state index in [2.05, 4.69) is 10.1 Å². The van der Waals surface area contributed by atoms with Crippen LogP contribution in [0.25, 0.3) is 33.5 Å². The Morgan fingerprint density at radius 1 is 1.07 bits per heavy atom. The first-order valence-corrected chi connectivity index (χ1v) is 13.2. The van der Waals surface area contributed by atoms with Crippen molar-refractivity contribution in [3.05, 3.63) is 127 Å². The van der Waals surface area contributed by atoms with Gasteiger partial charge in [0.1, 0.15) is 23.8 Å². The zero-order chi connectivity index (χ0) is 30.1. The number of hydrogen-bond acceptors (Lipinski definition) is 8. The van der Waals surface area contributed by atoms with Crippen LogP contribution in [0.1, 0.15) is 11.1 Å². The lowest BCUT2D eigenvalue weighted by molar-refractivity contribution is -0.385. The van der Waals surface area contributed by atoms with Crippen LogP contribution in [0, 0.1) is 15.9 Å². The highest BCUT2D eigenvalue weighted by atomic mass is 35.5. The van der Waals surface area contributed by atoms with Gasteiger partial charge in [-0.25, -0.2) is 9.37 Å². The van der Waals surface area contributed by atoms with Gasteiger partial charge in [-0.15, -0.1) is 0 Å². The molecular formula is C31H20ClFN4O6. The van der Waals surface area contributed by atoms with E-state index in [1.165, 1.54) is 43.7 Å². The largest absolute Gasteiger partial charge is 0.496 e. The van der Waals surface area contributed by atoms with Crippen molar-refractivity contribution in [3.8, 4) is 23.1 Å². The van der Waals surface area contributed by atoms with Crippen molar-refractivity contribution >= 4 is 45.4 Å². The van der Waals surface area contributed by atoms with Crippen LogP contribution in [0.15, 0.2) is 99.2 Å². The number of nitrogens with zero attached hydrogens (tertiary/aromatic N) is 4. The zero-order valence-electron chi connectivity index (χ0n) is 22.4. The minimum absolute atomic E-state index is 0.0517. The number of nitro groups is 1. The third kappa shape index (κ3) is 5.41. The number of nitro benzene ring substituents is 1. The number of para-hydroxylation sites is 1. The molecule has 0 unspecified atom stereocenters. The first-order chi connectivity index (χ1) is 20.8. The summed E-state index contributed by atoms with van der Waals surface area (Å²) >= 11 is 6.22. The number of aromatic nitrogens is 2. The second-order valence-corrected chi connectivity index (χ2v) is 9.75. The van der Waals surface area contributed by atoms with Gasteiger partial charge in [0, 0.05) is 16.7 Å². The minimum Gasteiger partial charge on any atom is -0.496 e. The Bertz CT molecular complexity index is 2110. The Labute approximate surface area is 247 Å². The second kappa shape index (κ2) is 11.4. The predicted molar refractivity (Wildman–Crippen MR) is 160 cm³/mol. The Balaban J connectivity index is 1.50. The summed E-state index contributed by atoms with van der Waals surface area (Å²) in [5, 5.41) is 17.3. The van der Waals surface area contributed by atoms with Crippen LogP contribution < -0.4 is 15.0 Å². The molecule has 6 aromatic rings. The molecule has 4 aromatic carbocycles. The molecule has 0 spiro atoms. The van der Waals surface area contributed by atoms with Crippen molar-refractivity contribution in [2.24, 2.45) is 5.10 Å². The summed E-state index contributed by atoms with van der Waals surface area (Å²) in [7, 11) is 1.54. The molecule has 0 aliphatic rings. The predicted octanol–water partition coefficient (Wildman–Crippen LogP) is 6.98. The quantitative estimate of drug-likeness (QED) is 0.105. The average Bonchev–Trinajstić information content (AvgIpc) is 3.45. The standard InChI is InChI=1S/C31H20ClFN4O6/c1-41-26-7-4-8-27-23(26)15-28(43-27)30-35-24-6-3-2-5-22(24)31(38)36(30)34-16-19-13-20(32)14-25(37(39)40)29(19)42-17-18-9-11-21(33)12-10-18/h2-16H,17H2,1H3. The maximum atomic E-state index is 13.7. The third-order valence-electron chi connectivity index (χ3n) is 6.58. The van der Waals surface area contributed by atoms with Crippen LogP contribution in [0.2, 0.25) is 5.02 Å². The Morgan fingerprint density at radius 3 is 2.63 bits per heavy atom. The van der Waals surface area contributed by atoms with E-state index in [0.29, 0.717) is 33.2 Å². The van der Waals surface area contributed by atoms with E-state index in [0.717, 1.165) is 10.7 Å². The van der Waals surface area contributed by atoms with E-state index >= 15 is 0 Å². The molecule has 0 aliphatic carbocycles. The molecule has 0 bridgehead atoms. The monoisotopic (exact) mass is 598 g/mol. The van der Waals surface area contributed by atoms with Crippen molar-refractivity contribution in [2.75, 3.05) is 7.11 Å². The first-order valence-electron chi connectivity index (χ1n) is 12.8. The van der Waals surface area contributed by atoms with Gasteiger partial charge >= 0.3 is 5.69 Å². The number of furan rings is 1. The maximum Gasteiger partial charge on any atom is 0.313 e. The molecule has 0 atom stereocenters. The van der Waals surface area contributed by atoms with E-state index < -0.39 is 22.0 Å². The lowest BCUT2D eigenvalue weighted by Gasteiger charge is -2.11. The highest BCUT2D eigenvalue weighted by Crippen LogP contribution is 2.35. The summed E-state index contributed by atoms with van der Waals surface area (Å²) in [5.74, 6) is 0.328. The summed E-state index contributed by atoms with van der Waals surface area (Å²) in [5.41, 5.74) is 0.709. The second-order valence-electron chi connectivity index (χ2n) is 9.31. The first kappa shape index (κ1) is 27.6. The zero-order valence-corrected chi connectivity index (χ0v) is 23.1. The van der Waals surface area contributed by atoms with E-state index in [1.807, 2.05) is 0 Å². The number of halogens is 2. The van der Waals surface area contributed by atoms with Crippen LogP contribution in [0.4, 0.5) is 10.1 Å². The Morgan fingerprint density at radius 2 is 1.86 bits per heavy atom. The summed E-state index contributed by atoms with van der Waals surface area (Å²) in [6.07, 6.45) is 1.23. The number of methoxy groups -OCH3 is 1. The molecule has 6 rings (SSSR count). The fourth-order valence-electron chi connectivity index (χ4n) is 4.56. The van der Waals surface area contributed by atoms with Crippen LogP contribution in [0.3, 0.4) is 0 Å². The number of benzene rings is 4. The fourth-order valence-corrected chi connectivity index (χ4v) is 4.78. The highest BCUT2D eigenvalue weighted by Gasteiger charge is 2.22. The number of rotatable bonds is 8. The molecule has 2 heterocycles. The van der Waals surface area contributed by atoms with Crippen molar-refractivity contribution in [1.82, 2.24) is 9.66 Å². The lowest BCUT2D eigenvalue weighted by Crippen LogP contribution is -2.20. The van der Waals surface area contributed by atoms with Gasteiger partial charge in [0.25, 0.3) is 5.56 Å². The minimum atomic E-state index is -0.639. The van der Waals surface area contributed by atoms with E-state index in [-0.39, 0.29) is 34.5 Å². The van der Waals surface area contributed by atoms with Gasteiger partial charge in [0.05, 0.1) is 34.5 Å². The van der Waals surface area contributed by atoms with E-state index in [9.17, 15) is 19.3 Å². The summed E-state index contributed by atoms with van der Waals surface area (Å²) in [6.45, 7) is -0.104. The van der Waals surface area contributed by atoms with Crippen molar-refractivity contribution in [2.45, 2.75) is 6.61 Å². The summed E-state index contributed by atoms with van der Waals surface area (Å²) < 4.78 is 31.7. The number of fused-ring (bicyclic) bond motifs is 2. The molecule has 214 valence electrons. The molecule has 0 aliphatic heterocycles. The summed E-state index contributed by atoms with van der Waals surface area (Å²) in [6, 6.07) is 21.8. The van der Waals surface area contributed by atoms with Gasteiger partial charge in [-0.3, -0.25) is 14.9 Å². The molecule has 0 fully saturated rings. The Kier molecular flexibility index (Phi) is 7.31. The SMILES string of the molecule is COc1cccc2oc(-c3nc4ccccc4c(=O)n3N=Cc3cc(Cl)cc([N+](=O)[O-])c3OCc3ccc(F)cc3)cc12. The molecular weight excluding hydrogens is 579 g/mol. The highest BCUT2D eigenvalue weighted by molar-refractivity contribution is 6.31. The third-order valence-corrected chi connectivity index (χ3v) is 6.80. The van der Waals surface area contributed by atoms with Gasteiger partial charge in [0.15, 0.2) is 5.76 Å². The van der Waals surface area contributed by atoms with Crippen LogP contribution >= 0.6 is 11.6 Å².